The Morgan fingerprint density at radius 3 is 0.514 bits per heavy atom. The number of hydrogen-bond acceptors (Lipinski definition) is 3. The Kier molecular flexibility index (Phi) is 15.5. The Hall–Kier alpha value is -13.7. The lowest BCUT2D eigenvalue weighted by Crippen LogP contribution is -2.16. The van der Waals surface area contributed by atoms with Crippen LogP contribution in [0.3, 0.4) is 0 Å². The van der Waals surface area contributed by atoms with E-state index in [4.69, 9.17) is 0 Å². The zero-order valence-electron chi connectivity index (χ0n) is 58.6. The molecule has 0 atom stereocenters. The van der Waals surface area contributed by atoms with Gasteiger partial charge >= 0.3 is 0 Å². The fraction of sp³-hybridized carbons (Fsp3) is 0.0303. The molecule has 0 saturated heterocycles. The molecule has 0 bridgehead atoms. The summed E-state index contributed by atoms with van der Waals surface area (Å²) >= 11 is 0. The van der Waals surface area contributed by atoms with Crippen LogP contribution < -0.4 is 14.7 Å². The van der Waals surface area contributed by atoms with Gasteiger partial charge in [-0.15, -0.1) is 0 Å². The van der Waals surface area contributed by atoms with Gasteiger partial charge in [-0.3, -0.25) is 0 Å². The third-order valence-electron chi connectivity index (χ3n) is 21.0. The Morgan fingerprint density at radius 1 is 0.162 bits per heavy atom. The third-order valence-corrected chi connectivity index (χ3v) is 21.0. The molecule has 0 N–H and O–H groups in total. The van der Waals surface area contributed by atoms with Crippen LogP contribution in [0, 0.1) is 20.8 Å². The summed E-state index contributed by atoms with van der Waals surface area (Å²) in [6.45, 7) is 6.48. The van der Waals surface area contributed by atoms with Crippen LogP contribution in [-0.4, -0.2) is 13.7 Å². The molecule has 0 aliphatic rings. The number of nitrogens with zero attached hydrogens (tertiary/aromatic N) is 6. The predicted molar refractivity (Wildman–Crippen MR) is 444 cm³/mol. The van der Waals surface area contributed by atoms with Crippen LogP contribution >= 0.6 is 0 Å². The van der Waals surface area contributed by atoms with Gasteiger partial charge in [0.15, 0.2) is 0 Å². The minimum Gasteiger partial charge on any atom is -0.310 e. The predicted octanol–water partition coefficient (Wildman–Crippen LogP) is 27.3. The summed E-state index contributed by atoms with van der Waals surface area (Å²) in [5, 5.41) is 7.51. The van der Waals surface area contributed by atoms with Gasteiger partial charge in [-0.25, -0.2) is 0 Å². The highest BCUT2D eigenvalue weighted by atomic mass is 15.2. The first kappa shape index (κ1) is 62.3. The maximum Gasteiger partial charge on any atom is 0.0541 e. The maximum atomic E-state index is 2.42. The van der Waals surface area contributed by atoms with Crippen molar-refractivity contribution in [1.29, 1.82) is 0 Å². The van der Waals surface area contributed by atoms with Crippen molar-refractivity contribution in [3.8, 4) is 50.4 Å². The molecule has 498 valence electrons. The molecule has 0 radical (unpaired) electrons. The van der Waals surface area contributed by atoms with Crippen LogP contribution in [0.4, 0.5) is 51.2 Å². The Morgan fingerprint density at radius 2 is 0.324 bits per heavy atom. The smallest absolute Gasteiger partial charge is 0.0541 e. The summed E-state index contributed by atoms with van der Waals surface area (Å²) in [4.78, 5) is 7.25. The molecule has 0 amide bonds. The molecule has 0 fully saturated rings. The Balaban J connectivity index is 0.739. The molecule has 3 aromatic heterocycles. The summed E-state index contributed by atoms with van der Waals surface area (Å²) in [6.07, 6.45) is 0. The van der Waals surface area contributed by atoms with E-state index < -0.39 is 0 Å². The van der Waals surface area contributed by atoms with Gasteiger partial charge < -0.3 is 28.4 Å². The fourth-order valence-electron chi connectivity index (χ4n) is 15.8. The summed E-state index contributed by atoms with van der Waals surface area (Å²) < 4.78 is 7.14. The van der Waals surface area contributed by atoms with E-state index in [1.807, 2.05) is 0 Å². The maximum absolute atomic E-state index is 2.42. The molecule has 0 aliphatic heterocycles. The first-order valence-electron chi connectivity index (χ1n) is 36.1. The van der Waals surface area contributed by atoms with Crippen LogP contribution in [0.15, 0.2) is 382 Å². The van der Waals surface area contributed by atoms with Crippen LogP contribution in [-0.2, 0) is 0 Å². The molecule has 0 unspecified atom stereocenters. The first-order chi connectivity index (χ1) is 51.8. The second-order valence-electron chi connectivity index (χ2n) is 27.6. The molecule has 0 saturated carbocycles. The first-order valence-corrected chi connectivity index (χ1v) is 36.1. The van der Waals surface area contributed by atoms with E-state index in [2.05, 4.69) is 431 Å². The Labute approximate surface area is 611 Å². The van der Waals surface area contributed by atoms with Crippen molar-refractivity contribution in [3.63, 3.8) is 0 Å². The van der Waals surface area contributed by atoms with Crippen molar-refractivity contribution in [2.75, 3.05) is 14.7 Å². The number of hydrogen-bond donors (Lipinski definition) is 0. The third kappa shape index (κ3) is 11.2. The second kappa shape index (κ2) is 26.0. The number of fused-ring (bicyclic) bond motifs is 9. The van der Waals surface area contributed by atoms with Gasteiger partial charge in [0.25, 0.3) is 0 Å². The van der Waals surface area contributed by atoms with Gasteiger partial charge in [0, 0.05) is 83.5 Å². The van der Waals surface area contributed by atoms with Gasteiger partial charge in [0.2, 0.25) is 0 Å². The van der Waals surface area contributed by atoms with Gasteiger partial charge in [-0.05, 0) is 218 Å². The van der Waals surface area contributed by atoms with Crippen molar-refractivity contribution in [1.82, 2.24) is 13.7 Å². The van der Waals surface area contributed by atoms with Crippen molar-refractivity contribution >= 4 is 117 Å². The molecule has 6 nitrogen and oxygen atoms in total. The van der Waals surface area contributed by atoms with Crippen molar-refractivity contribution in [2.45, 2.75) is 20.8 Å². The van der Waals surface area contributed by atoms with E-state index in [9.17, 15) is 0 Å². The molecular formula is C99H72N6. The van der Waals surface area contributed by atoms with E-state index in [-0.39, 0.29) is 0 Å². The minimum absolute atomic E-state index is 0.990. The number of para-hydroxylation sites is 6. The highest BCUT2D eigenvalue weighted by molar-refractivity contribution is 6.11. The van der Waals surface area contributed by atoms with Crippen LogP contribution in [0.5, 0.6) is 0 Å². The lowest BCUT2D eigenvalue weighted by Gasteiger charge is -2.33. The number of benzene rings is 16. The summed E-state index contributed by atoms with van der Waals surface area (Å²) in [5.74, 6) is 0. The molecule has 16 aromatic carbocycles. The van der Waals surface area contributed by atoms with Crippen LogP contribution in [0.25, 0.3) is 116 Å². The summed E-state index contributed by atoms with van der Waals surface area (Å²) in [5.41, 5.74) is 30.1. The SMILES string of the molecule is Cc1ccc(N(c2ccc(-c3ccc(-n4c5ccccc5c5ccccc54)cc3)cc2)c2cc(N(c3ccc(C)cc3)c3ccc(-c4ccc(-n5c6ccccc6c6ccccc65)cc4)cc3)cc(N(c3ccc(C)cc3)c3ccc(-c4ccc(-n5c6ccccc6c6ccccc65)cc4)cc3)c2)cc1. The summed E-state index contributed by atoms with van der Waals surface area (Å²) in [7, 11) is 0. The van der Waals surface area contributed by atoms with Gasteiger partial charge in [-0.2, -0.15) is 0 Å². The zero-order chi connectivity index (χ0) is 70.1. The van der Waals surface area contributed by atoms with Crippen molar-refractivity contribution in [2.24, 2.45) is 0 Å². The monoisotopic (exact) mass is 1340 g/mol. The van der Waals surface area contributed by atoms with Crippen LogP contribution in [0.1, 0.15) is 16.7 Å². The van der Waals surface area contributed by atoms with E-state index in [1.54, 1.807) is 0 Å². The second-order valence-corrected chi connectivity index (χ2v) is 27.6. The molecule has 0 aliphatic carbocycles. The highest BCUT2D eigenvalue weighted by Gasteiger charge is 2.24. The number of anilines is 9. The molecule has 6 heteroatoms. The molecular weight excluding hydrogens is 1270 g/mol. The normalized spacial score (nSPS) is 11.6. The van der Waals surface area contributed by atoms with E-state index >= 15 is 0 Å². The zero-order valence-corrected chi connectivity index (χ0v) is 58.6. The van der Waals surface area contributed by atoms with Gasteiger partial charge in [0.1, 0.15) is 0 Å². The number of aromatic nitrogens is 3. The lowest BCUT2D eigenvalue weighted by molar-refractivity contribution is 1.18. The lowest BCUT2D eigenvalue weighted by atomic mass is 10.0. The largest absolute Gasteiger partial charge is 0.310 e. The standard InChI is InChI=1S/C99H72N6/c1-67-28-46-76(47-29-67)100(79-52-34-70(35-53-79)73-40-58-82(59-41-73)103-94-22-10-4-16-88(94)89-17-5-11-23-95(89)103)85-64-86(101(77-48-30-68(2)31-49-77)80-54-36-71(37-55-80)74-42-60-83(61-43-74)104-96-24-12-6-18-90(96)91-19-7-13-25-97(91)104)66-87(65-85)102(78-50-32-69(3)33-51-78)81-56-38-72(39-57-81)75-44-62-84(63-45-75)105-98-26-14-8-20-92(98)93-21-9-15-27-99(93)105/h4-66H,1-3H3. The fourth-order valence-corrected chi connectivity index (χ4v) is 15.8. The number of rotatable bonds is 15. The average molecular weight is 1350 g/mol. The van der Waals surface area contributed by atoms with E-state index in [1.165, 1.54) is 82.1 Å². The van der Waals surface area contributed by atoms with Crippen molar-refractivity contribution < 1.29 is 0 Å². The van der Waals surface area contributed by atoms with Crippen molar-refractivity contribution in [3.05, 3.63) is 399 Å². The van der Waals surface area contributed by atoms with Crippen LogP contribution in [0.2, 0.25) is 0 Å². The molecule has 19 aromatic rings. The van der Waals surface area contributed by atoms with E-state index in [0.717, 1.165) is 102 Å². The average Bonchev–Trinajstić information content (AvgIpc) is 1.60. The molecule has 105 heavy (non-hydrogen) atoms. The quantitative estimate of drug-likeness (QED) is 0.102. The Bertz CT molecular complexity index is 5620. The highest BCUT2D eigenvalue weighted by Crippen LogP contribution is 2.48. The molecule has 19 rings (SSSR count). The molecule has 0 spiro atoms. The minimum atomic E-state index is 0.990. The van der Waals surface area contributed by atoms with Gasteiger partial charge in [-0.1, -0.05) is 235 Å². The summed E-state index contributed by atoms with van der Waals surface area (Å²) in [6, 6.07) is 140. The number of aryl methyl sites for hydroxylation is 3. The topological polar surface area (TPSA) is 24.5 Å². The van der Waals surface area contributed by atoms with Gasteiger partial charge in [0.05, 0.1) is 50.2 Å². The molecule has 3 heterocycles. The van der Waals surface area contributed by atoms with E-state index in [0.29, 0.717) is 0 Å².